The fourth-order valence-electron chi connectivity index (χ4n) is 6.16. The van der Waals surface area contributed by atoms with Gasteiger partial charge in [0.1, 0.15) is 42.3 Å². The van der Waals surface area contributed by atoms with Crippen LogP contribution in [0, 0.1) is 5.92 Å². The van der Waals surface area contributed by atoms with Crippen molar-refractivity contribution in [1.29, 1.82) is 0 Å². The summed E-state index contributed by atoms with van der Waals surface area (Å²) in [6.07, 6.45) is -2.09. The third-order valence-electron chi connectivity index (χ3n) is 10.1. The number of aliphatic imine (C=N–C) groups is 3. The largest absolute Gasteiger partial charge is 0.394 e. The summed E-state index contributed by atoms with van der Waals surface area (Å²) < 4.78 is 0. The molecular weight excluding hydrogens is 941 g/mol. The van der Waals surface area contributed by atoms with E-state index in [1.807, 2.05) is 0 Å². The lowest BCUT2D eigenvalue weighted by atomic mass is 9.98. The minimum Gasteiger partial charge on any atom is -0.394 e. The maximum Gasteiger partial charge on any atom is 0.245 e. The number of hydrogen-bond donors (Lipinski definition) is 19. The molecule has 0 heterocycles. The molecule has 0 rings (SSSR count). The molecule has 0 unspecified atom stereocenters. The Labute approximate surface area is 409 Å². The van der Waals surface area contributed by atoms with Crippen LogP contribution in [-0.4, -0.2) is 175 Å². The molecule has 0 bridgehead atoms. The highest BCUT2D eigenvalue weighted by atomic mass is 16.3. The highest BCUT2D eigenvalue weighted by molar-refractivity contribution is 5.98. The van der Waals surface area contributed by atoms with E-state index in [-0.39, 0.29) is 76.0 Å². The minimum atomic E-state index is -1.80. The van der Waals surface area contributed by atoms with Gasteiger partial charge in [0.15, 0.2) is 17.9 Å². The second kappa shape index (κ2) is 33.8. The summed E-state index contributed by atoms with van der Waals surface area (Å²) in [5.74, 6) is -11.1. The first-order valence-electron chi connectivity index (χ1n) is 22.4. The molecule has 0 aromatic carbocycles. The van der Waals surface area contributed by atoms with Crippen molar-refractivity contribution < 1.29 is 58.2 Å². The normalized spacial score (nSPS) is 14.5. The van der Waals surface area contributed by atoms with Gasteiger partial charge in [-0.1, -0.05) is 20.3 Å². The minimum absolute atomic E-state index is 0.00932. The van der Waals surface area contributed by atoms with Gasteiger partial charge < -0.3 is 104 Å². The van der Waals surface area contributed by atoms with Gasteiger partial charge in [-0.25, -0.2) is 0 Å². The summed E-state index contributed by atoms with van der Waals surface area (Å²) in [7, 11) is 0. The van der Waals surface area contributed by atoms with E-state index in [1.54, 1.807) is 13.8 Å². The number of nitrogens with zero attached hydrogens (tertiary/aromatic N) is 3. The molecule has 28 N–H and O–H groups in total. The molecule has 32 nitrogen and oxygen atoms in total. The fourth-order valence-corrected chi connectivity index (χ4v) is 6.16. The number of hydrogen-bond acceptors (Lipinski definition) is 16. The Morgan fingerprint density at radius 3 is 1.28 bits per heavy atom. The Morgan fingerprint density at radius 1 is 0.507 bits per heavy atom. The van der Waals surface area contributed by atoms with Gasteiger partial charge >= 0.3 is 0 Å². The molecule has 0 fully saturated rings. The SMILES string of the molecule is CC[C@H](C)[C@H](NC(=O)[C@H](CO)NC(=O)[C@H](CC(N)=O)NC(=O)[C@H](CCCN=C(N)N)NC(=O)[C@H](CCCN=C(N)N)NC(=O)CNC(=O)[C@@H](NC(=O)[C@H](CCCN=C(N)N)NC(=O)CN)[C@@H](C)O)C(N)=O. The van der Waals surface area contributed by atoms with E-state index in [0.29, 0.717) is 6.42 Å². The highest BCUT2D eigenvalue weighted by Gasteiger charge is 2.34. The molecular formula is C39H74N20O12. The Bertz CT molecular complexity index is 1910. The lowest BCUT2D eigenvalue weighted by molar-refractivity contribution is -0.136. The van der Waals surface area contributed by atoms with E-state index in [0.717, 1.165) is 0 Å². The molecule has 0 aliphatic rings. The van der Waals surface area contributed by atoms with E-state index < -0.39 is 140 Å². The standard InChI is InChI=1S/C39H74N20O12/c1-4-18(2)28(30(42)65)58-35(70)24(17-60)57-34(69)23(14-25(41)62)56-32(67)22(10-7-13-51-39(47)48)55-31(66)20(8-5-11-49-37(43)44)54-27(64)16-52-36(71)29(19(3)61)59-33(68)21(53-26(63)15-40)9-6-12-50-38(45)46/h18-24,28-29,60-61H,4-17,40H2,1-3H3,(H2,41,62)(H2,42,65)(H,52,71)(H,53,63)(H,54,64)(H,55,66)(H,56,67)(H,57,69)(H,58,70)(H,59,68)(H4,43,44,49)(H4,45,46,50)(H4,47,48,51)/t18-,19+,20-,21-,22-,23-,24-,28-,29-/m0/s1. The smallest absolute Gasteiger partial charge is 0.245 e. The molecule has 0 aliphatic carbocycles. The molecule has 0 aromatic rings. The molecule has 0 radical (unpaired) electrons. The second-order valence-electron chi connectivity index (χ2n) is 16.0. The predicted molar refractivity (Wildman–Crippen MR) is 257 cm³/mol. The number of carbonyl (C=O) groups is 10. The Morgan fingerprint density at radius 2 is 0.887 bits per heavy atom. The van der Waals surface area contributed by atoms with Gasteiger partial charge in [0, 0.05) is 19.6 Å². The molecule has 32 heteroatoms. The maximum absolute atomic E-state index is 13.9. The number of aliphatic hydroxyl groups excluding tert-OH is 2. The lowest BCUT2D eigenvalue weighted by Gasteiger charge is -2.27. The third-order valence-corrected chi connectivity index (χ3v) is 10.1. The molecule has 402 valence electrons. The number of guanidine groups is 3. The lowest BCUT2D eigenvalue weighted by Crippen LogP contribution is -2.60. The third kappa shape index (κ3) is 26.7. The number of rotatable bonds is 35. The highest BCUT2D eigenvalue weighted by Crippen LogP contribution is 2.09. The van der Waals surface area contributed by atoms with Crippen LogP contribution in [-0.2, 0) is 47.9 Å². The molecule has 10 amide bonds. The molecule has 0 saturated carbocycles. The number of amides is 10. The van der Waals surface area contributed by atoms with Crippen molar-refractivity contribution in [3.63, 3.8) is 0 Å². The number of aliphatic hydroxyl groups is 2. The van der Waals surface area contributed by atoms with Gasteiger partial charge in [-0.3, -0.25) is 62.9 Å². The fraction of sp³-hybridized carbons (Fsp3) is 0.667. The zero-order chi connectivity index (χ0) is 54.4. The van der Waals surface area contributed by atoms with Crippen molar-refractivity contribution in [1.82, 2.24) is 42.5 Å². The van der Waals surface area contributed by atoms with Crippen molar-refractivity contribution in [3.05, 3.63) is 0 Å². The average molecular weight is 1020 g/mol. The van der Waals surface area contributed by atoms with E-state index in [4.69, 9.17) is 51.6 Å². The van der Waals surface area contributed by atoms with E-state index in [1.165, 1.54) is 6.92 Å². The van der Waals surface area contributed by atoms with Gasteiger partial charge in [-0.2, -0.15) is 0 Å². The van der Waals surface area contributed by atoms with Crippen LogP contribution in [0.15, 0.2) is 15.0 Å². The zero-order valence-corrected chi connectivity index (χ0v) is 40.1. The molecule has 0 aromatic heterocycles. The molecule has 0 spiro atoms. The van der Waals surface area contributed by atoms with Crippen LogP contribution >= 0.6 is 0 Å². The molecule has 9 atom stereocenters. The van der Waals surface area contributed by atoms with E-state index >= 15 is 0 Å². The van der Waals surface area contributed by atoms with Gasteiger partial charge in [0.05, 0.1) is 32.2 Å². The monoisotopic (exact) mass is 1010 g/mol. The van der Waals surface area contributed by atoms with Crippen molar-refractivity contribution >= 4 is 77.0 Å². The van der Waals surface area contributed by atoms with Gasteiger partial charge in [-0.15, -0.1) is 0 Å². The van der Waals surface area contributed by atoms with Crippen molar-refractivity contribution in [3.8, 4) is 0 Å². The predicted octanol–water partition coefficient (Wildman–Crippen LogP) is -10.6. The summed E-state index contributed by atoms with van der Waals surface area (Å²) in [4.78, 5) is 142. The number of carbonyl (C=O) groups excluding carboxylic acids is 10. The Kier molecular flexibility index (Phi) is 30.2. The number of nitrogens with one attached hydrogen (secondary N) is 8. The first-order chi connectivity index (χ1) is 33.3. The first-order valence-corrected chi connectivity index (χ1v) is 22.4. The Balaban J connectivity index is 6.49. The summed E-state index contributed by atoms with van der Waals surface area (Å²) in [5.41, 5.74) is 48.5. The van der Waals surface area contributed by atoms with Crippen LogP contribution < -0.4 is 94.1 Å². The van der Waals surface area contributed by atoms with Gasteiger partial charge in [0.25, 0.3) is 0 Å². The van der Waals surface area contributed by atoms with Crippen molar-refractivity contribution in [2.24, 2.45) is 72.5 Å². The summed E-state index contributed by atoms with van der Waals surface area (Å²) in [5, 5.41) is 39.1. The zero-order valence-electron chi connectivity index (χ0n) is 40.1. The quantitative estimate of drug-likeness (QED) is 0.0159. The first kappa shape index (κ1) is 63.4. The Hall–Kier alpha value is -7.61. The number of nitrogens with two attached hydrogens (primary N) is 9. The van der Waals surface area contributed by atoms with Crippen LogP contribution in [0.3, 0.4) is 0 Å². The van der Waals surface area contributed by atoms with Crippen molar-refractivity contribution in [2.45, 2.75) is 121 Å². The van der Waals surface area contributed by atoms with Crippen molar-refractivity contribution in [2.75, 3.05) is 39.3 Å². The van der Waals surface area contributed by atoms with Crippen LogP contribution in [0.25, 0.3) is 0 Å². The second-order valence-corrected chi connectivity index (χ2v) is 16.0. The van der Waals surface area contributed by atoms with Crippen LogP contribution in [0.5, 0.6) is 0 Å². The summed E-state index contributed by atoms with van der Waals surface area (Å²) in [6, 6.07) is -10.6. The summed E-state index contributed by atoms with van der Waals surface area (Å²) in [6.45, 7) is 2.23. The maximum atomic E-state index is 13.9. The summed E-state index contributed by atoms with van der Waals surface area (Å²) >= 11 is 0. The number of primary amides is 2. The van der Waals surface area contributed by atoms with E-state index in [2.05, 4.69) is 57.5 Å². The average Bonchev–Trinajstić information content (AvgIpc) is 3.29. The van der Waals surface area contributed by atoms with Gasteiger partial charge in [-0.05, 0) is 51.4 Å². The topological polar surface area (TPSA) is 579 Å². The molecule has 71 heavy (non-hydrogen) atoms. The van der Waals surface area contributed by atoms with Crippen LogP contribution in [0.1, 0.15) is 72.1 Å². The van der Waals surface area contributed by atoms with E-state index in [9.17, 15) is 58.2 Å². The molecule has 0 saturated heterocycles. The van der Waals surface area contributed by atoms with Gasteiger partial charge in [0.2, 0.25) is 59.1 Å². The van der Waals surface area contributed by atoms with Crippen LogP contribution in [0.4, 0.5) is 0 Å². The molecule has 0 aliphatic heterocycles. The van der Waals surface area contributed by atoms with Crippen LogP contribution in [0.2, 0.25) is 0 Å².